The van der Waals surface area contributed by atoms with Crippen molar-refractivity contribution < 1.29 is 19.4 Å². The van der Waals surface area contributed by atoms with Gasteiger partial charge in [0.1, 0.15) is 17.3 Å². The molecule has 0 radical (unpaired) electrons. The molecule has 1 aliphatic carbocycles. The van der Waals surface area contributed by atoms with Crippen LogP contribution in [0.4, 0.5) is 5.69 Å². The largest absolute Gasteiger partial charge is 0.494 e. The molecule has 148 valence electrons. The summed E-state index contributed by atoms with van der Waals surface area (Å²) in [4.78, 5) is 11.9. The van der Waals surface area contributed by atoms with E-state index < -0.39 is 12.0 Å². The monoisotopic (exact) mass is 383 g/mol. The molecule has 5 N–H and O–H groups in total. The zero-order valence-electron chi connectivity index (χ0n) is 15.8. The molecule has 1 saturated carbocycles. The summed E-state index contributed by atoms with van der Waals surface area (Å²) in [5.74, 6) is 0.714. The van der Waals surface area contributed by atoms with Crippen molar-refractivity contribution in [2.24, 2.45) is 11.7 Å². The molecule has 1 atom stereocenters. The number of anilines is 1. The number of hydrogen-bond acceptors (Lipinski definition) is 5. The molecular weight excluding hydrogens is 358 g/mol. The number of amidine groups is 1. The fourth-order valence-corrected chi connectivity index (χ4v) is 2.79. The molecule has 7 nitrogen and oxygen atoms in total. The van der Waals surface area contributed by atoms with Crippen LogP contribution in [0.25, 0.3) is 0 Å². The van der Waals surface area contributed by atoms with Gasteiger partial charge in [0.15, 0.2) is 6.04 Å². The highest BCUT2D eigenvalue weighted by molar-refractivity contribution is 5.95. The van der Waals surface area contributed by atoms with Crippen LogP contribution in [0.15, 0.2) is 42.5 Å². The Morgan fingerprint density at radius 3 is 2.39 bits per heavy atom. The topological polar surface area (TPSA) is 118 Å². The van der Waals surface area contributed by atoms with Gasteiger partial charge in [-0.25, -0.2) is 4.79 Å². The lowest BCUT2D eigenvalue weighted by Crippen LogP contribution is -2.21. The van der Waals surface area contributed by atoms with E-state index in [4.69, 9.17) is 20.6 Å². The minimum absolute atomic E-state index is 0.0387. The Bertz CT molecular complexity index is 847. The van der Waals surface area contributed by atoms with Crippen LogP contribution in [0.2, 0.25) is 0 Å². The van der Waals surface area contributed by atoms with Crippen LogP contribution in [0, 0.1) is 11.3 Å². The zero-order chi connectivity index (χ0) is 20.1. The van der Waals surface area contributed by atoms with Crippen LogP contribution < -0.4 is 20.5 Å². The molecule has 2 aromatic carbocycles. The fraction of sp³-hybridized carbons (Fsp3) is 0.333. The van der Waals surface area contributed by atoms with E-state index in [0.717, 1.165) is 0 Å². The maximum atomic E-state index is 11.9. The molecule has 0 bridgehead atoms. The number of hydrogen-bond donors (Lipinski definition) is 4. The first-order valence-corrected chi connectivity index (χ1v) is 9.30. The zero-order valence-corrected chi connectivity index (χ0v) is 15.8. The van der Waals surface area contributed by atoms with Gasteiger partial charge in [0.2, 0.25) is 0 Å². The lowest BCUT2D eigenvalue weighted by molar-refractivity contribution is -0.138. The molecule has 28 heavy (non-hydrogen) atoms. The number of rotatable bonds is 10. The summed E-state index contributed by atoms with van der Waals surface area (Å²) < 4.78 is 11.4. The maximum Gasteiger partial charge on any atom is 0.330 e. The molecule has 0 spiro atoms. The van der Waals surface area contributed by atoms with E-state index in [1.807, 2.05) is 6.92 Å². The van der Waals surface area contributed by atoms with Crippen molar-refractivity contribution in [1.29, 1.82) is 5.41 Å². The third-order valence-corrected chi connectivity index (χ3v) is 4.48. The fourth-order valence-electron chi connectivity index (χ4n) is 2.79. The Labute approximate surface area is 164 Å². The highest BCUT2D eigenvalue weighted by Gasteiger charge is 2.24. The van der Waals surface area contributed by atoms with Crippen molar-refractivity contribution in [1.82, 2.24) is 0 Å². The van der Waals surface area contributed by atoms with Crippen LogP contribution >= 0.6 is 0 Å². The van der Waals surface area contributed by atoms with E-state index in [2.05, 4.69) is 5.32 Å². The van der Waals surface area contributed by atoms with Gasteiger partial charge in [-0.2, -0.15) is 0 Å². The van der Waals surface area contributed by atoms with E-state index >= 15 is 0 Å². The minimum atomic E-state index is -1.02. The lowest BCUT2D eigenvalue weighted by atomic mass is 10.1. The third kappa shape index (κ3) is 5.16. The van der Waals surface area contributed by atoms with Gasteiger partial charge in [-0.05, 0) is 67.6 Å². The highest BCUT2D eigenvalue weighted by Crippen LogP contribution is 2.32. The van der Waals surface area contributed by atoms with E-state index in [1.165, 1.54) is 12.8 Å². The molecule has 1 unspecified atom stereocenters. The normalized spacial score (nSPS) is 14.2. The molecule has 1 aliphatic rings. The molecule has 7 heteroatoms. The number of nitrogens with one attached hydrogen (secondary N) is 2. The van der Waals surface area contributed by atoms with E-state index in [0.29, 0.717) is 47.4 Å². The summed E-state index contributed by atoms with van der Waals surface area (Å²) in [5, 5.41) is 20.2. The van der Waals surface area contributed by atoms with Gasteiger partial charge in [0.05, 0.1) is 13.2 Å². The van der Waals surface area contributed by atoms with Crippen molar-refractivity contribution in [2.45, 2.75) is 25.8 Å². The Balaban J connectivity index is 1.84. The summed E-state index contributed by atoms with van der Waals surface area (Å²) in [7, 11) is 0. The molecule has 0 aromatic heterocycles. The Hall–Kier alpha value is -3.22. The van der Waals surface area contributed by atoms with Crippen molar-refractivity contribution in [3.05, 3.63) is 53.6 Å². The van der Waals surface area contributed by atoms with Crippen LogP contribution in [0.3, 0.4) is 0 Å². The summed E-state index contributed by atoms with van der Waals surface area (Å²) in [6.45, 7) is 2.98. The molecule has 0 heterocycles. The first-order valence-electron chi connectivity index (χ1n) is 9.30. The number of aliphatic carboxylic acids is 1. The second kappa shape index (κ2) is 8.65. The molecule has 0 saturated heterocycles. The third-order valence-electron chi connectivity index (χ3n) is 4.48. The first-order chi connectivity index (χ1) is 13.5. The van der Waals surface area contributed by atoms with E-state index in [1.54, 1.807) is 42.5 Å². The van der Waals surface area contributed by atoms with Crippen molar-refractivity contribution in [3.63, 3.8) is 0 Å². The van der Waals surface area contributed by atoms with Gasteiger partial charge in [-0.1, -0.05) is 0 Å². The van der Waals surface area contributed by atoms with Crippen LogP contribution in [0.5, 0.6) is 11.5 Å². The van der Waals surface area contributed by atoms with Crippen molar-refractivity contribution in [3.8, 4) is 11.5 Å². The highest BCUT2D eigenvalue weighted by atomic mass is 16.5. The Morgan fingerprint density at radius 2 is 1.86 bits per heavy atom. The Morgan fingerprint density at radius 1 is 1.21 bits per heavy atom. The molecule has 0 amide bonds. The van der Waals surface area contributed by atoms with E-state index in [-0.39, 0.29) is 5.84 Å². The maximum absolute atomic E-state index is 11.9. The smallest absolute Gasteiger partial charge is 0.330 e. The van der Waals surface area contributed by atoms with Gasteiger partial charge < -0.3 is 25.6 Å². The summed E-state index contributed by atoms with van der Waals surface area (Å²) in [6.07, 6.45) is 2.35. The number of carboxylic acid groups (broad SMARTS) is 1. The van der Waals surface area contributed by atoms with Crippen LogP contribution in [0.1, 0.15) is 36.9 Å². The van der Waals surface area contributed by atoms with Gasteiger partial charge in [0.25, 0.3) is 0 Å². The van der Waals surface area contributed by atoms with Gasteiger partial charge in [0, 0.05) is 17.3 Å². The molecule has 2 aromatic rings. The number of carboxylic acids is 1. The summed E-state index contributed by atoms with van der Waals surface area (Å²) in [5.41, 5.74) is 7.19. The van der Waals surface area contributed by atoms with E-state index in [9.17, 15) is 9.90 Å². The quantitative estimate of drug-likeness (QED) is 0.369. The number of nitrogens with two attached hydrogens (primary N) is 1. The van der Waals surface area contributed by atoms with Crippen LogP contribution in [-0.2, 0) is 4.79 Å². The second-order valence-electron chi connectivity index (χ2n) is 6.83. The van der Waals surface area contributed by atoms with Crippen molar-refractivity contribution in [2.75, 3.05) is 18.5 Å². The first kappa shape index (κ1) is 19.5. The lowest BCUT2D eigenvalue weighted by Gasteiger charge is -2.19. The minimum Gasteiger partial charge on any atom is -0.494 e. The average molecular weight is 383 g/mol. The molecule has 0 aliphatic heterocycles. The van der Waals surface area contributed by atoms with Gasteiger partial charge in [-0.3, -0.25) is 5.41 Å². The van der Waals surface area contributed by atoms with Gasteiger partial charge in [-0.15, -0.1) is 0 Å². The number of carbonyl (C=O) groups is 1. The standard InChI is InChI=1S/C21H25N3O4/c1-2-27-17-9-15(10-18(11-17)28-12-13-3-4-13)19(21(25)26)24-16-7-5-14(6-8-16)20(22)23/h5-11,13,19,24H,2-4,12H2,1H3,(H3,22,23)(H,25,26). The summed E-state index contributed by atoms with van der Waals surface area (Å²) in [6, 6.07) is 11.0. The molecular formula is C21H25N3O4. The summed E-state index contributed by atoms with van der Waals surface area (Å²) >= 11 is 0. The SMILES string of the molecule is CCOc1cc(OCC2CC2)cc(C(Nc2ccc(C(=N)N)cc2)C(=O)O)c1. The number of ether oxygens (including phenoxy) is 2. The number of nitrogen functional groups attached to an aromatic ring is 1. The average Bonchev–Trinajstić information content (AvgIpc) is 3.49. The second-order valence-corrected chi connectivity index (χ2v) is 6.83. The molecule has 3 rings (SSSR count). The predicted molar refractivity (Wildman–Crippen MR) is 107 cm³/mol. The van der Waals surface area contributed by atoms with Crippen molar-refractivity contribution >= 4 is 17.5 Å². The van der Waals surface area contributed by atoms with Gasteiger partial charge >= 0.3 is 5.97 Å². The van der Waals surface area contributed by atoms with Crippen LogP contribution in [-0.4, -0.2) is 30.1 Å². The predicted octanol–water partition coefficient (Wildman–Crippen LogP) is 3.40. The Kier molecular flexibility index (Phi) is 6.03. The number of benzene rings is 2. The molecule has 1 fully saturated rings.